The molecular weight excluding hydrogens is 458 g/mol. The number of likely N-dealkylation sites (tertiary alicyclic amines) is 1. The van der Waals surface area contributed by atoms with Crippen LogP contribution < -0.4 is 11.2 Å². The minimum absolute atomic E-state index is 0.0480. The molecule has 2 aromatic rings. The van der Waals surface area contributed by atoms with E-state index in [0.717, 1.165) is 32.5 Å². The Balaban J connectivity index is 1.59. The number of piperidine rings is 1. The summed E-state index contributed by atoms with van der Waals surface area (Å²) >= 11 is 0. The number of ether oxygens (including phenoxy) is 1. The van der Waals surface area contributed by atoms with Crippen LogP contribution in [0.5, 0.6) is 0 Å². The fourth-order valence-corrected chi connectivity index (χ4v) is 5.58. The Morgan fingerprint density at radius 3 is 2.33 bits per heavy atom. The predicted molar refractivity (Wildman–Crippen MR) is 141 cm³/mol. The molecule has 2 aliphatic rings. The van der Waals surface area contributed by atoms with Gasteiger partial charge in [-0.25, -0.2) is 9.78 Å². The quantitative estimate of drug-likeness (QED) is 0.656. The van der Waals surface area contributed by atoms with E-state index in [-0.39, 0.29) is 35.3 Å². The van der Waals surface area contributed by atoms with Crippen molar-refractivity contribution in [3.05, 3.63) is 38.2 Å². The topological polar surface area (TPSA) is 101 Å². The molecule has 0 saturated carbocycles. The molecule has 4 rings (SSSR count). The first-order valence-corrected chi connectivity index (χ1v) is 13.4. The molecule has 4 heterocycles. The molecule has 0 spiro atoms. The van der Waals surface area contributed by atoms with Crippen molar-refractivity contribution in [2.24, 2.45) is 11.8 Å². The Bertz CT molecular complexity index is 1200. The van der Waals surface area contributed by atoms with E-state index in [2.05, 4.69) is 28.7 Å². The third-order valence-electron chi connectivity index (χ3n) is 7.25. The van der Waals surface area contributed by atoms with Crippen LogP contribution in [0.15, 0.2) is 15.7 Å². The van der Waals surface area contributed by atoms with Gasteiger partial charge in [0, 0.05) is 45.0 Å². The molecule has 36 heavy (non-hydrogen) atoms. The number of aromatic amines is 1. The van der Waals surface area contributed by atoms with E-state index in [1.165, 1.54) is 4.57 Å². The van der Waals surface area contributed by atoms with Gasteiger partial charge in [-0.1, -0.05) is 27.7 Å². The summed E-state index contributed by atoms with van der Waals surface area (Å²) in [6.45, 7) is 16.9. The summed E-state index contributed by atoms with van der Waals surface area (Å²) in [6.07, 6.45) is 2.36. The van der Waals surface area contributed by atoms with Gasteiger partial charge < -0.3 is 9.64 Å². The van der Waals surface area contributed by atoms with Crippen molar-refractivity contribution in [1.29, 1.82) is 0 Å². The number of rotatable bonds is 6. The zero-order valence-corrected chi connectivity index (χ0v) is 22.5. The number of morpholine rings is 1. The number of nitrogens with one attached hydrogen (secondary N) is 1. The van der Waals surface area contributed by atoms with E-state index in [1.54, 1.807) is 6.07 Å². The SMILES string of the molecule is CC(C)Cn1c(=O)[nH]c(=O)c2c(C(=O)N3CCC(CN4CC(C)OC(C)C4)CC3)cc(C(C)C)nc21. The smallest absolute Gasteiger partial charge is 0.330 e. The van der Waals surface area contributed by atoms with Gasteiger partial charge in [-0.15, -0.1) is 0 Å². The number of hydrogen-bond donors (Lipinski definition) is 1. The number of carbonyl (C=O) groups excluding carboxylic acids is 1. The zero-order chi connectivity index (χ0) is 26.1. The lowest BCUT2D eigenvalue weighted by Crippen LogP contribution is -2.48. The highest BCUT2D eigenvalue weighted by Crippen LogP contribution is 2.25. The maximum atomic E-state index is 13.8. The van der Waals surface area contributed by atoms with Crippen LogP contribution in [0.2, 0.25) is 0 Å². The normalized spacial score (nSPS) is 22.2. The van der Waals surface area contributed by atoms with Crippen LogP contribution >= 0.6 is 0 Å². The molecule has 2 unspecified atom stereocenters. The summed E-state index contributed by atoms with van der Waals surface area (Å²) in [5.74, 6) is 0.604. The van der Waals surface area contributed by atoms with Crippen LogP contribution in [0, 0.1) is 11.8 Å². The Morgan fingerprint density at radius 2 is 1.75 bits per heavy atom. The molecule has 2 fully saturated rings. The van der Waals surface area contributed by atoms with E-state index < -0.39 is 11.2 Å². The first kappa shape index (κ1) is 26.5. The fraction of sp³-hybridized carbons (Fsp3) is 0.704. The average molecular weight is 500 g/mol. The number of amides is 1. The van der Waals surface area contributed by atoms with Gasteiger partial charge in [0.05, 0.1) is 23.2 Å². The number of hydrogen-bond acceptors (Lipinski definition) is 6. The lowest BCUT2D eigenvalue weighted by molar-refractivity contribution is -0.0728. The highest BCUT2D eigenvalue weighted by atomic mass is 16.5. The summed E-state index contributed by atoms with van der Waals surface area (Å²) in [7, 11) is 0. The molecule has 2 atom stereocenters. The molecule has 2 aliphatic heterocycles. The highest BCUT2D eigenvalue weighted by molar-refractivity contribution is 6.05. The van der Waals surface area contributed by atoms with E-state index in [9.17, 15) is 14.4 Å². The van der Waals surface area contributed by atoms with Crippen molar-refractivity contribution >= 4 is 16.9 Å². The summed E-state index contributed by atoms with van der Waals surface area (Å²) < 4.78 is 7.36. The predicted octanol–water partition coefficient (Wildman–Crippen LogP) is 2.83. The van der Waals surface area contributed by atoms with Gasteiger partial charge in [-0.05, 0) is 50.5 Å². The third-order valence-corrected chi connectivity index (χ3v) is 7.25. The second-order valence-electron chi connectivity index (χ2n) is 11.4. The molecule has 0 radical (unpaired) electrons. The lowest BCUT2D eigenvalue weighted by Gasteiger charge is -2.39. The van der Waals surface area contributed by atoms with Gasteiger partial charge in [0.25, 0.3) is 11.5 Å². The molecular formula is C27H41N5O4. The Hall–Kier alpha value is -2.52. The molecule has 9 heteroatoms. The minimum atomic E-state index is -0.549. The lowest BCUT2D eigenvalue weighted by atomic mass is 9.94. The van der Waals surface area contributed by atoms with Crippen molar-refractivity contribution in [2.75, 3.05) is 32.7 Å². The number of carbonyl (C=O) groups is 1. The largest absolute Gasteiger partial charge is 0.373 e. The fourth-order valence-electron chi connectivity index (χ4n) is 5.58. The van der Waals surface area contributed by atoms with Crippen LogP contribution in [0.25, 0.3) is 11.0 Å². The zero-order valence-electron chi connectivity index (χ0n) is 22.5. The van der Waals surface area contributed by atoms with Gasteiger partial charge >= 0.3 is 5.69 Å². The molecule has 1 N–H and O–H groups in total. The molecule has 0 aromatic carbocycles. The monoisotopic (exact) mass is 499 g/mol. The van der Waals surface area contributed by atoms with E-state index in [0.29, 0.717) is 42.5 Å². The summed E-state index contributed by atoms with van der Waals surface area (Å²) in [4.78, 5) is 50.8. The number of nitrogens with zero attached hydrogens (tertiary/aromatic N) is 4. The number of aromatic nitrogens is 3. The number of pyridine rings is 1. The van der Waals surface area contributed by atoms with Crippen LogP contribution in [-0.4, -0.2) is 75.2 Å². The Morgan fingerprint density at radius 1 is 1.11 bits per heavy atom. The van der Waals surface area contributed by atoms with E-state index in [1.807, 2.05) is 32.6 Å². The molecule has 0 bridgehead atoms. The molecule has 2 aromatic heterocycles. The van der Waals surface area contributed by atoms with E-state index in [4.69, 9.17) is 4.74 Å². The van der Waals surface area contributed by atoms with Crippen molar-refractivity contribution in [1.82, 2.24) is 24.3 Å². The minimum Gasteiger partial charge on any atom is -0.373 e. The van der Waals surface area contributed by atoms with Crippen molar-refractivity contribution < 1.29 is 9.53 Å². The molecule has 198 valence electrons. The highest BCUT2D eigenvalue weighted by Gasteiger charge is 2.30. The van der Waals surface area contributed by atoms with Crippen molar-refractivity contribution in [3.8, 4) is 0 Å². The maximum absolute atomic E-state index is 13.8. The molecule has 2 saturated heterocycles. The van der Waals surface area contributed by atoms with Crippen molar-refractivity contribution in [2.45, 2.75) is 79.1 Å². The van der Waals surface area contributed by atoms with Crippen LogP contribution in [-0.2, 0) is 11.3 Å². The summed E-state index contributed by atoms with van der Waals surface area (Å²) in [5, 5.41) is 0.211. The third kappa shape index (κ3) is 5.72. The van der Waals surface area contributed by atoms with Gasteiger partial charge in [0.2, 0.25) is 0 Å². The standard InChI is InChI=1S/C27H41N5O4/c1-16(2)12-32-24-23(25(33)29-27(32)35)21(11-22(28-24)17(3)4)26(34)31-9-7-20(8-10-31)15-30-13-18(5)36-19(6)14-30/h11,16-20H,7-10,12-15H2,1-6H3,(H,29,33,35). The molecule has 0 aliphatic carbocycles. The molecule has 9 nitrogen and oxygen atoms in total. The van der Waals surface area contributed by atoms with Gasteiger partial charge in [-0.3, -0.25) is 24.0 Å². The first-order valence-electron chi connectivity index (χ1n) is 13.4. The second-order valence-corrected chi connectivity index (χ2v) is 11.4. The number of H-pyrrole nitrogens is 1. The van der Waals surface area contributed by atoms with Crippen molar-refractivity contribution in [3.63, 3.8) is 0 Å². The Labute approximate surface area is 212 Å². The van der Waals surface area contributed by atoms with Gasteiger partial charge in [0.15, 0.2) is 5.65 Å². The second kappa shape index (κ2) is 10.8. The average Bonchev–Trinajstić information content (AvgIpc) is 2.80. The summed E-state index contributed by atoms with van der Waals surface area (Å²) in [6, 6.07) is 1.75. The van der Waals surface area contributed by atoms with E-state index >= 15 is 0 Å². The van der Waals surface area contributed by atoms with Crippen LogP contribution in [0.4, 0.5) is 0 Å². The van der Waals surface area contributed by atoms with Crippen LogP contribution in [0.1, 0.15) is 76.4 Å². The molecule has 1 amide bonds. The van der Waals surface area contributed by atoms with Gasteiger partial charge in [0.1, 0.15) is 0 Å². The Kier molecular flexibility index (Phi) is 7.99. The maximum Gasteiger partial charge on any atom is 0.330 e. The first-order chi connectivity index (χ1) is 17.0. The summed E-state index contributed by atoms with van der Waals surface area (Å²) in [5.41, 5.74) is 0.320. The van der Waals surface area contributed by atoms with Gasteiger partial charge in [-0.2, -0.15) is 0 Å². The van der Waals surface area contributed by atoms with Crippen LogP contribution in [0.3, 0.4) is 0 Å². The number of fused-ring (bicyclic) bond motifs is 1.